The lowest BCUT2D eigenvalue weighted by Crippen LogP contribution is -2.47. The number of hydrogen-bond acceptors (Lipinski definition) is 3. The van der Waals surface area contributed by atoms with E-state index >= 15 is 0 Å². The Labute approximate surface area is 83.5 Å². The zero-order chi connectivity index (χ0) is 10.8. The van der Waals surface area contributed by atoms with E-state index in [2.05, 4.69) is 6.58 Å². The molecule has 0 N–H and O–H groups in total. The second-order valence-corrected chi connectivity index (χ2v) is 3.31. The number of hydrogen-bond donors (Lipinski definition) is 0. The van der Waals surface area contributed by atoms with Crippen molar-refractivity contribution in [3.05, 3.63) is 12.7 Å². The maximum absolute atomic E-state index is 11.7. The number of rotatable bonds is 4. The first kappa shape index (κ1) is 10.9. The first-order chi connectivity index (χ1) is 6.58. The summed E-state index contributed by atoms with van der Waals surface area (Å²) in [7, 11) is 1.67. The maximum Gasteiger partial charge on any atom is 0.262 e. The molecule has 0 aliphatic carbocycles. The van der Waals surface area contributed by atoms with Crippen LogP contribution in [0.2, 0.25) is 0 Å². The first-order valence-corrected chi connectivity index (χ1v) is 4.65. The molecule has 1 aliphatic rings. The fourth-order valence-electron chi connectivity index (χ4n) is 1.69. The van der Waals surface area contributed by atoms with Crippen LogP contribution in [0.1, 0.15) is 13.3 Å². The SMILES string of the molecule is C=CC(=O)C1(OCC)CCN(C)C1=O. The van der Waals surface area contributed by atoms with Crippen LogP contribution in [0.15, 0.2) is 12.7 Å². The molecule has 1 saturated heterocycles. The molecule has 0 aromatic carbocycles. The van der Waals surface area contributed by atoms with Crippen LogP contribution in [-0.2, 0) is 14.3 Å². The molecule has 14 heavy (non-hydrogen) atoms. The highest BCUT2D eigenvalue weighted by Gasteiger charge is 2.51. The Morgan fingerprint density at radius 1 is 1.79 bits per heavy atom. The summed E-state index contributed by atoms with van der Waals surface area (Å²) in [5.41, 5.74) is -1.29. The van der Waals surface area contributed by atoms with Crippen molar-refractivity contribution in [2.24, 2.45) is 0 Å². The van der Waals surface area contributed by atoms with Gasteiger partial charge < -0.3 is 9.64 Å². The van der Waals surface area contributed by atoms with Crippen LogP contribution in [-0.4, -0.2) is 42.4 Å². The largest absolute Gasteiger partial charge is 0.357 e. The third-order valence-electron chi connectivity index (χ3n) is 2.47. The molecule has 0 aromatic heterocycles. The summed E-state index contributed by atoms with van der Waals surface area (Å²) in [6, 6.07) is 0. The minimum Gasteiger partial charge on any atom is -0.357 e. The standard InChI is InChI=1S/C10H15NO3/c1-4-8(12)10(14-5-2)6-7-11(3)9(10)13/h4H,1,5-7H2,2-3H3. The fourth-order valence-corrected chi connectivity index (χ4v) is 1.69. The average Bonchev–Trinajstić information content (AvgIpc) is 2.47. The molecule has 4 heteroatoms. The second-order valence-electron chi connectivity index (χ2n) is 3.31. The van der Waals surface area contributed by atoms with Gasteiger partial charge in [-0.2, -0.15) is 0 Å². The number of ketones is 1. The zero-order valence-electron chi connectivity index (χ0n) is 8.58. The van der Waals surface area contributed by atoms with Gasteiger partial charge in [0.25, 0.3) is 5.91 Å². The summed E-state index contributed by atoms with van der Waals surface area (Å²) in [6.45, 7) is 6.06. The Morgan fingerprint density at radius 2 is 2.43 bits per heavy atom. The second kappa shape index (κ2) is 3.92. The highest BCUT2D eigenvalue weighted by Crippen LogP contribution is 2.27. The molecule has 1 unspecified atom stereocenters. The van der Waals surface area contributed by atoms with Gasteiger partial charge in [0.1, 0.15) is 0 Å². The minimum atomic E-state index is -1.29. The van der Waals surface area contributed by atoms with Crippen LogP contribution >= 0.6 is 0 Å². The molecule has 0 aromatic rings. The lowest BCUT2D eigenvalue weighted by Gasteiger charge is -2.23. The van der Waals surface area contributed by atoms with Crippen LogP contribution < -0.4 is 0 Å². The summed E-state index contributed by atoms with van der Waals surface area (Å²) in [4.78, 5) is 24.9. The molecule has 0 radical (unpaired) electrons. The van der Waals surface area contributed by atoms with Crippen molar-refractivity contribution in [3.8, 4) is 0 Å². The number of carbonyl (C=O) groups excluding carboxylic acids is 2. The Balaban J connectivity index is 2.99. The predicted octanol–water partition coefficient (Wildman–Crippen LogP) is 0.379. The van der Waals surface area contributed by atoms with E-state index in [0.29, 0.717) is 19.6 Å². The molecule has 1 aliphatic heterocycles. The zero-order valence-corrected chi connectivity index (χ0v) is 8.58. The predicted molar refractivity (Wildman–Crippen MR) is 51.8 cm³/mol. The monoisotopic (exact) mass is 197 g/mol. The Bertz CT molecular complexity index is 271. The summed E-state index contributed by atoms with van der Waals surface area (Å²) >= 11 is 0. The maximum atomic E-state index is 11.7. The van der Waals surface area contributed by atoms with E-state index in [-0.39, 0.29) is 11.7 Å². The van der Waals surface area contributed by atoms with Crippen molar-refractivity contribution in [2.45, 2.75) is 18.9 Å². The van der Waals surface area contributed by atoms with Gasteiger partial charge >= 0.3 is 0 Å². The van der Waals surface area contributed by atoms with Gasteiger partial charge in [-0.3, -0.25) is 9.59 Å². The third-order valence-corrected chi connectivity index (χ3v) is 2.47. The first-order valence-electron chi connectivity index (χ1n) is 4.65. The summed E-state index contributed by atoms with van der Waals surface area (Å²) in [5, 5.41) is 0. The van der Waals surface area contributed by atoms with Crippen LogP contribution in [0.4, 0.5) is 0 Å². The van der Waals surface area contributed by atoms with E-state index in [0.717, 1.165) is 6.08 Å². The van der Waals surface area contributed by atoms with Crippen molar-refractivity contribution < 1.29 is 14.3 Å². The van der Waals surface area contributed by atoms with Gasteiger partial charge in [0, 0.05) is 26.6 Å². The van der Waals surface area contributed by atoms with E-state index in [4.69, 9.17) is 4.74 Å². The summed E-state index contributed by atoms with van der Waals surface area (Å²) in [5.74, 6) is -0.599. The lowest BCUT2D eigenvalue weighted by atomic mass is 9.96. The van der Waals surface area contributed by atoms with Gasteiger partial charge in [-0.25, -0.2) is 0 Å². The summed E-state index contributed by atoms with van der Waals surface area (Å²) in [6.07, 6.45) is 1.58. The fraction of sp³-hybridized carbons (Fsp3) is 0.600. The van der Waals surface area contributed by atoms with Crippen LogP contribution in [0.25, 0.3) is 0 Å². The van der Waals surface area contributed by atoms with Gasteiger partial charge in [-0.15, -0.1) is 0 Å². The number of ether oxygens (including phenoxy) is 1. The van der Waals surface area contributed by atoms with Crippen molar-refractivity contribution in [1.29, 1.82) is 0 Å². The highest BCUT2D eigenvalue weighted by molar-refractivity contribution is 6.15. The number of likely N-dealkylation sites (N-methyl/N-ethyl adjacent to an activating group) is 1. The van der Waals surface area contributed by atoms with Gasteiger partial charge in [-0.05, 0) is 13.0 Å². The third kappa shape index (κ3) is 1.46. The molecule has 1 rings (SSSR count). The van der Waals surface area contributed by atoms with E-state index in [1.165, 1.54) is 4.90 Å². The van der Waals surface area contributed by atoms with Gasteiger partial charge in [0.15, 0.2) is 5.78 Å². The van der Waals surface area contributed by atoms with E-state index in [1.807, 2.05) is 0 Å². The van der Waals surface area contributed by atoms with Gasteiger partial charge in [0.05, 0.1) is 0 Å². The van der Waals surface area contributed by atoms with E-state index in [9.17, 15) is 9.59 Å². The van der Waals surface area contributed by atoms with Crippen molar-refractivity contribution >= 4 is 11.7 Å². The molecule has 1 fully saturated rings. The van der Waals surface area contributed by atoms with Gasteiger partial charge in [0.2, 0.25) is 5.60 Å². The molecule has 0 spiro atoms. The molecule has 4 nitrogen and oxygen atoms in total. The molecule has 1 atom stereocenters. The average molecular weight is 197 g/mol. The van der Waals surface area contributed by atoms with E-state index in [1.54, 1.807) is 14.0 Å². The molecule has 78 valence electrons. The number of amides is 1. The Hall–Kier alpha value is -1.16. The normalized spacial score (nSPS) is 26.7. The minimum absolute atomic E-state index is 0.260. The highest BCUT2D eigenvalue weighted by atomic mass is 16.5. The van der Waals surface area contributed by atoms with Crippen LogP contribution in [0.5, 0.6) is 0 Å². The topological polar surface area (TPSA) is 46.6 Å². The lowest BCUT2D eigenvalue weighted by molar-refractivity contribution is -0.156. The van der Waals surface area contributed by atoms with Crippen LogP contribution in [0.3, 0.4) is 0 Å². The number of carbonyl (C=O) groups is 2. The Morgan fingerprint density at radius 3 is 2.79 bits per heavy atom. The van der Waals surface area contributed by atoms with Crippen LogP contribution in [0, 0.1) is 0 Å². The number of nitrogens with zero attached hydrogens (tertiary/aromatic N) is 1. The van der Waals surface area contributed by atoms with Crippen molar-refractivity contribution in [2.75, 3.05) is 20.2 Å². The van der Waals surface area contributed by atoms with Crippen molar-refractivity contribution in [3.63, 3.8) is 0 Å². The molecule has 1 amide bonds. The molecule has 0 saturated carbocycles. The molecule has 1 heterocycles. The molecular formula is C10H15NO3. The molecule has 0 bridgehead atoms. The number of likely N-dealkylation sites (tertiary alicyclic amines) is 1. The quantitative estimate of drug-likeness (QED) is 0.483. The summed E-state index contributed by atoms with van der Waals surface area (Å²) < 4.78 is 5.31. The smallest absolute Gasteiger partial charge is 0.262 e. The van der Waals surface area contributed by atoms with E-state index < -0.39 is 5.60 Å². The Kier molecular flexibility index (Phi) is 3.06. The van der Waals surface area contributed by atoms with Gasteiger partial charge in [-0.1, -0.05) is 6.58 Å². The van der Waals surface area contributed by atoms with Crippen molar-refractivity contribution in [1.82, 2.24) is 4.90 Å². The molecular weight excluding hydrogens is 182 g/mol.